The zero-order valence-electron chi connectivity index (χ0n) is 27.6. The number of aryl methyl sites for hydroxylation is 1. The molecule has 1 aliphatic rings. The van der Waals surface area contributed by atoms with Gasteiger partial charge in [0.1, 0.15) is 21.8 Å². The molecule has 5 aromatic rings. The van der Waals surface area contributed by atoms with Crippen LogP contribution in [0.2, 0.25) is 0 Å². The topological polar surface area (TPSA) is 114 Å². The fourth-order valence-electron chi connectivity index (χ4n) is 5.70. The number of hydrogen-bond donors (Lipinski definition) is 3. The number of rotatable bonds is 11. The summed E-state index contributed by atoms with van der Waals surface area (Å²) in [6.45, 7) is 0. The second-order valence-electron chi connectivity index (χ2n) is 11.7. The van der Waals surface area contributed by atoms with Crippen molar-refractivity contribution in [3.8, 4) is 0 Å². The van der Waals surface area contributed by atoms with Crippen molar-refractivity contribution in [2.75, 3.05) is 17.7 Å². The van der Waals surface area contributed by atoms with E-state index in [1.54, 1.807) is 48.5 Å². The first-order chi connectivity index (χ1) is 24.8. The standard InChI is InChI=1S/C40H34FN3O5S2/c1-49-40(48)34-31-17-8-9-18-33(31)51-39(34)44-38(47)35(26-11-4-2-5-12-26)50-30-16-10-15-29(24-30)42-37(46)32(23-25-19-21-28(41)22-20-25)43-36(45)27-13-6-3-7-14-27/h2-7,10-16,19-24,35H,8-9,17-18H2,1H3,(H,42,46)(H,43,45)(H,44,47)/b32-23-. The lowest BCUT2D eigenvalue weighted by Crippen LogP contribution is -2.30. The molecule has 1 heterocycles. The Bertz CT molecular complexity index is 2080. The van der Waals surface area contributed by atoms with E-state index in [9.17, 15) is 23.6 Å². The predicted molar refractivity (Wildman–Crippen MR) is 199 cm³/mol. The van der Waals surface area contributed by atoms with Crippen molar-refractivity contribution in [2.24, 2.45) is 0 Å². The number of esters is 1. The molecule has 4 aromatic carbocycles. The molecule has 0 fully saturated rings. The molecule has 0 spiro atoms. The molecule has 0 saturated heterocycles. The Morgan fingerprint density at radius 2 is 1.55 bits per heavy atom. The molecule has 1 aromatic heterocycles. The van der Waals surface area contributed by atoms with Gasteiger partial charge in [0.05, 0.1) is 12.7 Å². The van der Waals surface area contributed by atoms with Gasteiger partial charge in [-0.3, -0.25) is 14.4 Å². The van der Waals surface area contributed by atoms with Crippen molar-refractivity contribution < 1.29 is 28.3 Å². The Balaban J connectivity index is 1.24. The Kier molecular flexibility index (Phi) is 11.4. The van der Waals surface area contributed by atoms with Crippen LogP contribution >= 0.6 is 23.1 Å². The maximum atomic E-state index is 14.0. The van der Waals surface area contributed by atoms with Crippen molar-refractivity contribution in [3.63, 3.8) is 0 Å². The highest BCUT2D eigenvalue weighted by Gasteiger charge is 2.30. The van der Waals surface area contributed by atoms with Gasteiger partial charge in [0, 0.05) is 21.0 Å². The van der Waals surface area contributed by atoms with Gasteiger partial charge in [-0.05, 0) is 90.9 Å². The monoisotopic (exact) mass is 719 g/mol. The van der Waals surface area contributed by atoms with Crippen molar-refractivity contribution >= 4 is 63.6 Å². The van der Waals surface area contributed by atoms with Crippen LogP contribution in [0.1, 0.15) is 60.4 Å². The molecule has 3 N–H and O–H groups in total. The maximum absolute atomic E-state index is 14.0. The number of fused-ring (bicyclic) bond motifs is 1. The molecule has 11 heteroatoms. The van der Waals surface area contributed by atoms with Crippen LogP contribution in [0.4, 0.5) is 15.1 Å². The summed E-state index contributed by atoms with van der Waals surface area (Å²) in [5.41, 5.74) is 3.39. The lowest BCUT2D eigenvalue weighted by molar-refractivity contribution is -0.116. The number of nitrogens with one attached hydrogen (secondary N) is 3. The zero-order valence-corrected chi connectivity index (χ0v) is 29.2. The van der Waals surface area contributed by atoms with Crippen molar-refractivity contribution in [1.29, 1.82) is 0 Å². The summed E-state index contributed by atoms with van der Waals surface area (Å²) in [6.07, 6.45) is 5.08. The van der Waals surface area contributed by atoms with E-state index in [1.165, 1.54) is 60.5 Å². The summed E-state index contributed by atoms with van der Waals surface area (Å²) in [4.78, 5) is 55.3. The second kappa shape index (κ2) is 16.5. The Hall–Kier alpha value is -5.52. The van der Waals surface area contributed by atoms with E-state index < -0.39 is 28.9 Å². The number of methoxy groups -OCH3 is 1. The molecule has 51 heavy (non-hydrogen) atoms. The van der Waals surface area contributed by atoms with Crippen LogP contribution in [-0.4, -0.2) is 30.8 Å². The highest BCUT2D eigenvalue weighted by Crippen LogP contribution is 2.41. The zero-order chi connectivity index (χ0) is 35.7. The molecule has 1 unspecified atom stereocenters. The number of amides is 3. The number of halogens is 1. The summed E-state index contributed by atoms with van der Waals surface area (Å²) in [7, 11) is 1.34. The largest absolute Gasteiger partial charge is 0.465 e. The summed E-state index contributed by atoms with van der Waals surface area (Å²) >= 11 is 2.72. The van der Waals surface area contributed by atoms with Crippen LogP contribution in [0.15, 0.2) is 120 Å². The van der Waals surface area contributed by atoms with E-state index in [1.807, 2.05) is 36.4 Å². The fraction of sp³-hybridized carbons (Fsp3) is 0.150. The third-order valence-electron chi connectivity index (χ3n) is 8.19. The molecule has 1 aliphatic carbocycles. The number of thioether (sulfide) groups is 1. The predicted octanol–water partition coefficient (Wildman–Crippen LogP) is 8.43. The number of hydrogen-bond acceptors (Lipinski definition) is 7. The molecule has 0 saturated carbocycles. The number of carbonyl (C=O) groups excluding carboxylic acids is 4. The second-order valence-corrected chi connectivity index (χ2v) is 14.0. The summed E-state index contributed by atoms with van der Waals surface area (Å²) < 4.78 is 18.7. The maximum Gasteiger partial charge on any atom is 0.341 e. The Morgan fingerprint density at radius 3 is 2.27 bits per heavy atom. The van der Waals surface area contributed by atoms with Crippen LogP contribution in [-0.2, 0) is 27.2 Å². The molecule has 1 atom stereocenters. The van der Waals surface area contributed by atoms with Gasteiger partial charge in [-0.25, -0.2) is 9.18 Å². The van der Waals surface area contributed by atoms with Crippen LogP contribution < -0.4 is 16.0 Å². The van der Waals surface area contributed by atoms with Gasteiger partial charge in [0.2, 0.25) is 5.91 Å². The van der Waals surface area contributed by atoms with Gasteiger partial charge in [-0.2, -0.15) is 0 Å². The number of anilines is 2. The van der Waals surface area contributed by atoms with Gasteiger partial charge in [0.15, 0.2) is 0 Å². The molecule has 0 aliphatic heterocycles. The molecule has 0 radical (unpaired) electrons. The molecule has 0 bridgehead atoms. The van der Waals surface area contributed by atoms with Gasteiger partial charge in [0.25, 0.3) is 11.8 Å². The van der Waals surface area contributed by atoms with Crippen molar-refractivity contribution in [2.45, 2.75) is 35.8 Å². The smallest absolute Gasteiger partial charge is 0.341 e. The number of carbonyl (C=O) groups is 4. The minimum Gasteiger partial charge on any atom is -0.465 e. The van der Waals surface area contributed by atoms with E-state index in [-0.39, 0.29) is 11.6 Å². The number of benzene rings is 4. The lowest BCUT2D eigenvalue weighted by atomic mass is 9.95. The quantitative estimate of drug-likeness (QED) is 0.0718. The third-order valence-corrected chi connectivity index (χ3v) is 10.6. The first-order valence-corrected chi connectivity index (χ1v) is 18.0. The normalized spacial score (nSPS) is 13.0. The van der Waals surface area contributed by atoms with Gasteiger partial charge < -0.3 is 20.7 Å². The molecular formula is C40H34FN3O5S2. The highest BCUT2D eigenvalue weighted by atomic mass is 32.2. The molecule has 6 rings (SSSR count). The van der Waals surface area contributed by atoms with E-state index in [0.717, 1.165) is 41.7 Å². The SMILES string of the molecule is COC(=O)c1c(NC(=O)C(Sc2cccc(NC(=O)/C(=C/c3ccc(F)cc3)NC(=O)c3ccccc3)c2)c2ccccc2)sc2c1CCCC2. The lowest BCUT2D eigenvalue weighted by Gasteiger charge is -2.18. The molecule has 8 nitrogen and oxygen atoms in total. The van der Waals surface area contributed by atoms with Crippen LogP contribution in [0.25, 0.3) is 6.08 Å². The summed E-state index contributed by atoms with van der Waals surface area (Å²) in [5.74, 6) is -2.29. The Morgan fingerprint density at radius 1 is 0.843 bits per heavy atom. The van der Waals surface area contributed by atoms with E-state index in [4.69, 9.17) is 4.74 Å². The van der Waals surface area contributed by atoms with Crippen LogP contribution in [0, 0.1) is 5.82 Å². The van der Waals surface area contributed by atoms with Crippen LogP contribution in [0.3, 0.4) is 0 Å². The fourth-order valence-corrected chi connectivity index (χ4v) is 8.06. The number of ether oxygens (including phenoxy) is 1. The Labute approximate surface area is 303 Å². The van der Waals surface area contributed by atoms with Crippen molar-refractivity contribution in [3.05, 3.63) is 153 Å². The van der Waals surface area contributed by atoms with E-state index >= 15 is 0 Å². The van der Waals surface area contributed by atoms with Crippen molar-refractivity contribution in [1.82, 2.24) is 5.32 Å². The molecule has 3 amide bonds. The van der Waals surface area contributed by atoms with E-state index in [2.05, 4.69) is 16.0 Å². The minimum absolute atomic E-state index is 0.0462. The summed E-state index contributed by atoms with van der Waals surface area (Å²) in [5, 5.41) is 8.35. The van der Waals surface area contributed by atoms with Crippen LogP contribution in [0.5, 0.6) is 0 Å². The third kappa shape index (κ3) is 8.80. The van der Waals surface area contributed by atoms with E-state index in [0.29, 0.717) is 32.3 Å². The first kappa shape index (κ1) is 35.3. The number of thiophene rings is 1. The van der Waals surface area contributed by atoms with Gasteiger partial charge in [-0.1, -0.05) is 66.7 Å². The minimum atomic E-state index is -0.708. The van der Waals surface area contributed by atoms with Gasteiger partial charge in [-0.15, -0.1) is 23.1 Å². The average Bonchev–Trinajstić information content (AvgIpc) is 3.52. The average molecular weight is 720 g/mol. The first-order valence-electron chi connectivity index (χ1n) is 16.3. The molecular weight excluding hydrogens is 686 g/mol. The highest BCUT2D eigenvalue weighted by molar-refractivity contribution is 8.00. The molecule has 258 valence electrons. The summed E-state index contributed by atoms with van der Waals surface area (Å²) in [6, 6.07) is 30.4. The van der Waals surface area contributed by atoms with Gasteiger partial charge >= 0.3 is 5.97 Å².